The maximum absolute atomic E-state index is 13.6. The number of rotatable bonds is 16. The SMILES string of the molecule is CCCCCCCCCCCCc1ccccc1S(=O)(=O)OI(c1ccc(C(F)(F)F)cc1)c1ccc(C(F)(F)F)cc1. The fraction of sp³-hybridized carbons (Fsp3) is 0.438. The number of aryl methyl sites for hydroxylation is 1. The molecule has 11 heteroatoms. The van der Waals surface area contributed by atoms with E-state index in [0.29, 0.717) is 12.0 Å². The van der Waals surface area contributed by atoms with Crippen molar-refractivity contribution in [2.45, 2.75) is 94.8 Å². The summed E-state index contributed by atoms with van der Waals surface area (Å²) < 4.78 is 112. The number of unbranched alkanes of at least 4 members (excludes halogenated alkanes) is 9. The molecule has 0 spiro atoms. The van der Waals surface area contributed by atoms with E-state index in [2.05, 4.69) is 6.92 Å². The zero-order chi connectivity index (χ0) is 31.5. The van der Waals surface area contributed by atoms with Gasteiger partial charge in [0.05, 0.1) is 0 Å². The van der Waals surface area contributed by atoms with Crippen molar-refractivity contribution in [2.24, 2.45) is 0 Å². The van der Waals surface area contributed by atoms with Crippen LogP contribution >= 0.6 is 20.2 Å². The van der Waals surface area contributed by atoms with Gasteiger partial charge in [0.25, 0.3) is 0 Å². The Morgan fingerprint density at radius 2 is 1.02 bits per heavy atom. The molecule has 0 bridgehead atoms. The van der Waals surface area contributed by atoms with Crippen LogP contribution in [0.5, 0.6) is 0 Å². The van der Waals surface area contributed by atoms with Crippen LogP contribution < -0.4 is 0 Å². The van der Waals surface area contributed by atoms with Crippen molar-refractivity contribution in [1.29, 1.82) is 0 Å². The van der Waals surface area contributed by atoms with Crippen molar-refractivity contribution in [1.82, 2.24) is 0 Å². The van der Waals surface area contributed by atoms with Gasteiger partial charge >= 0.3 is 233 Å². The van der Waals surface area contributed by atoms with Gasteiger partial charge in [-0.1, -0.05) is 26.2 Å². The minimum atomic E-state index is -4.60. The van der Waals surface area contributed by atoms with Gasteiger partial charge in [-0.15, -0.1) is 0 Å². The van der Waals surface area contributed by atoms with Crippen LogP contribution in [0.3, 0.4) is 0 Å². The summed E-state index contributed by atoms with van der Waals surface area (Å²) in [5.74, 6) is 0. The summed E-state index contributed by atoms with van der Waals surface area (Å²) in [5.41, 5.74) is -1.29. The molecule has 0 saturated carbocycles. The molecule has 0 radical (unpaired) electrons. The first-order chi connectivity index (χ1) is 20.3. The molecule has 0 N–H and O–H groups in total. The molecular formula is C32H37F6IO3S. The van der Waals surface area contributed by atoms with E-state index in [4.69, 9.17) is 2.51 Å². The minimum absolute atomic E-state index is 0.0351. The van der Waals surface area contributed by atoms with Crippen LogP contribution in [-0.2, 0) is 31.4 Å². The first kappa shape index (κ1) is 35.4. The molecule has 3 aromatic carbocycles. The summed E-state index contributed by atoms with van der Waals surface area (Å²) in [6.45, 7) is 2.19. The summed E-state index contributed by atoms with van der Waals surface area (Å²) in [7, 11) is -4.40. The molecule has 0 fully saturated rings. The Kier molecular flexibility index (Phi) is 13.4. The summed E-state index contributed by atoms with van der Waals surface area (Å²) in [4.78, 5) is -0.0351. The van der Waals surface area contributed by atoms with Crippen LogP contribution in [0.4, 0.5) is 26.3 Å². The third-order valence-electron chi connectivity index (χ3n) is 6.93. The van der Waals surface area contributed by atoms with Crippen LogP contribution in [-0.4, -0.2) is 8.42 Å². The summed E-state index contributed by atoms with van der Waals surface area (Å²) in [6, 6.07) is 14.2. The number of hydrogen-bond donors (Lipinski definition) is 0. The number of hydrogen-bond acceptors (Lipinski definition) is 3. The van der Waals surface area contributed by atoms with Gasteiger partial charge in [-0.2, -0.15) is 0 Å². The van der Waals surface area contributed by atoms with Gasteiger partial charge in [-0.25, -0.2) is 0 Å². The molecule has 3 rings (SSSR count). The van der Waals surface area contributed by atoms with Gasteiger partial charge < -0.3 is 0 Å². The number of alkyl halides is 6. The molecule has 0 aliphatic carbocycles. The first-order valence-electron chi connectivity index (χ1n) is 14.4. The van der Waals surface area contributed by atoms with Gasteiger partial charge in [0, 0.05) is 0 Å². The second-order valence-electron chi connectivity index (χ2n) is 10.3. The van der Waals surface area contributed by atoms with Gasteiger partial charge in [0.2, 0.25) is 0 Å². The van der Waals surface area contributed by atoms with Gasteiger partial charge in [-0.3, -0.25) is 0 Å². The molecule has 0 heterocycles. The van der Waals surface area contributed by atoms with E-state index >= 15 is 0 Å². The van der Waals surface area contributed by atoms with Crippen molar-refractivity contribution >= 4 is 30.4 Å². The summed E-state index contributed by atoms with van der Waals surface area (Å²) >= 11 is -3.53. The predicted octanol–water partition coefficient (Wildman–Crippen LogP) is 11.1. The van der Waals surface area contributed by atoms with Crippen LogP contribution in [0.1, 0.15) is 87.8 Å². The quantitative estimate of drug-likeness (QED) is 0.0834. The van der Waals surface area contributed by atoms with Crippen molar-refractivity contribution in [2.75, 3.05) is 0 Å². The van der Waals surface area contributed by atoms with E-state index in [1.165, 1.54) is 44.6 Å². The van der Waals surface area contributed by atoms with E-state index in [-0.39, 0.29) is 12.0 Å². The maximum atomic E-state index is 13.6. The van der Waals surface area contributed by atoms with E-state index in [9.17, 15) is 34.8 Å². The Labute approximate surface area is 258 Å². The molecule has 3 aromatic rings. The summed E-state index contributed by atoms with van der Waals surface area (Å²) in [5, 5.41) is 0. The summed E-state index contributed by atoms with van der Waals surface area (Å²) in [6.07, 6.45) is 2.62. The number of benzene rings is 3. The van der Waals surface area contributed by atoms with Crippen LogP contribution in [0.2, 0.25) is 0 Å². The zero-order valence-corrected chi connectivity index (χ0v) is 27.0. The third kappa shape index (κ3) is 11.1. The Balaban J connectivity index is 1.77. The Morgan fingerprint density at radius 1 is 0.605 bits per heavy atom. The van der Waals surface area contributed by atoms with E-state index in [1.807, 2.05) is 0 Å². The molecule has 0 atom stereocenters. The second kappa shape index (κ2) is 16.3. The van der Waals surface area contributed by atoms with E-state index in [0.717, 1.165) is 74.2 Å². The molecule has 0 unspecified atom stereocenters. The number of halogens is 7. The van der Waals surface area contributed by atoms with Crippen LogP contribution in [0.25, 0.3) is 0 Å². The normalized spacial score (nSPS) is 12.9. The van der Waals surface area contributed by atoms with Crippen molar-refractivity contribution in [3.8, 4) is 0 Å². The molecular weight excluding hydrogens is 705 g/mol. The average molecular weight is 743 g/mol. The van der Waals surface area contributed by atoms with Gasteiger partial charge in [0.1, 0.15) is 0 Å². The Hall–Kier alpha value is -2.12. The third-order valence-corrected chi connectivity index (χ3v) is 14.4. The molecule has 238 valence electrons. The molecule has 0 aliphatic rings. The Morgan fingerprint density at radius 3 is 1.47 bits per heavy atom. The van der Waals surface area contributed by atoms with Crippen LogP contribution in [0.15, 0.2) is 77.7 Å². The predicted molar refractivity (Wildman–Crippen MR) is 165 cm³/mol. The van der Waals surface area contributed by atoms with Crippen molar-refractivity contribution in [3.63, 3.8) is 0 Å². The molecule has 0 amide bonds. The molecule has 0 aromatic heterocycles. The Bertz CT molecular complexity index is 1310. The molecule has 3 nitrogen and oxygen atoms in total. The molecule has 0 aliphatic heterocycles. The molecule has 0 saturated heterocycles. The second-order valence-corrected chi connectivity index (χ2v) is 16.8. The van der Waals surface area contributed by atoms with Crippen LogP contribution in [0, 0.1) is 7.14 Å². The monoisotopic (exact) mass is 742 g/mol. The van der Waals surface area contributed by atoms with E-state index in [1.54, 1.807) is 18.2 Å². The average Bonchev–Trinajstić information content (AvgIpc) is 2.96. The topological polar surface area (TPSA) is 43.4 Å². The fourth-order valence-corrected chi connectivity index (χ4v) is 11.7. The fourth-order valence-electron chi connectivity index (χ4n) is 4.58. The zero-order valence-electron chi connectivity index (χ0n) is 24.0. The van der Waals surface area contributed by atoms with Crippen molar-refractivity contribution in [3.05, 3.63) is 96.6 Å². The van der Waals surface area contributed by atoms with Gasteiger partial charge in [-0.05, 0) is 0 Å². The first-order valence-corrected chi connectivity index (χ1v) is 18.8. The van der Waals surface area contributed by atoms with Crippen molar-refractivity contribution < 1.29 is 37.3 Å². The van der Waals surface area contributed by atoms with Gasteiger partial charge in [0.15, 0.2) is 0 Å². The molecule has 43 heavy (non-hydrogen) atoms. The van der Waals surface area contributed by atoms with E-state index < -0.39 is 53.8 Å². The standard InChI is InChI=1S/C32H37F6IO3S/c1-2-3-4-5-6-7-8-9-10-11-14-25-15-12-13-16-30(25)43(40,41)42-39(28-21-17-26(18-22-28)31(33,34)35)29-23-19-27(20-24-29)32(36,37)38/h12-13,15-24H,2-11,14H2,1H3.